The second kappa shape index (κ2) is 4.97. The van der Waals surface area contributed by atoms with Crippen LogP contribution >= 0.6 is 11.8 Å². The molecule has 2 heterocycles. The summed E-state index contributed by atoms with van der Waals surface area (Å²) in [5.41, 5.74) is 5.59. The van der Waals surface area contributed by atoms with E-state index in [0.717, 1.165) is 50.9 Å². The van der Waals surface area contributed by atoms with Gasteiger partial charge in [0.15, 0.2) is 0 Å². The van der Waals surface area contributed by atoms with Gasteiger partial charge in [0.2, 0.25) is 0 Å². The van der Waals surface area contributed by atoms with Crippen molar-refractivity contribution >= 4 is 11.8 Å². The van der Waals surface area contributed by atoms with E-state index < -0.39 is 5.60 Å². The van der Waals surface area contributed by atoms with E-state index in [1.54, 1.807) is 0 Å². The van der Waals surface area contributed by atoms with Gasteiger partial charge < -0.3 is 15.6 Å². The number of hydrogen-bond acceptors (Lipinski definition) is 4. The molecule has 1 spiro atoms. The Labute approximate surface area is 114 Å². The van der Waals surface area contributed by atoms with Crippen LogP contribution in [0.5, 0.6) is 0 Å². The standard InChI is InChI=1S/C14H25NO2S/c15-12-1-4-14(16,5-2-12)11-3-7-17-13(9-11)6-8-18-10-13/h11-12,16H,1-10,15H2. The maximum absolute atomic E-state index is 10.9. The summed E-state index contributed by atoms with van der Waals surface area (Å²) in [6.45, 7) is 0.833. The molecule has 0 aromatic carbocycles. The SMILES string of the molecule is NC1CCC(O)(C2CCOC3(CCSC3)C2)CC1. The second-order valence-corrected chi connectivity index (χ2v) is 7.57. The van der Waals surface area contributed by atoms with Gasteiger partial charge in [-0.15, -0.1) is 0 Å². The zero-order chi connectivity index (χ0) is 12.6. The predicted octanol–water partition coefficient (Wildman–Crippen LogP) is 1.92. The molecule has 0 aromatic heterocycles. The van der Waals surface area contributed by atoms with Gasteiger partial charge in [0.25, 0.3) is 0 Å². The minimum Gasteiger partial charge on any atom is -0.390 e. The summed E-state index contributed by atoms with van der Waals surface area (Å²) >= 11 is 2.00. The van der Waals surface area contributed by atoms with E-state index in [0.29, 0.717) is 12.0 Å². The highest BCUT2D eigenvalue weighted by Crippen LogP contribution is 2.46. The van der Waals surface area contributed by atoms with Gasteiger partial charge in [0.1, 0.15) is 0 Å². The van der Waals surface area contributed by atoms with Crippen LogP contribution in [0.1, 0.15) is 44.9 Å². The molecule has 3 aliphatic rings. The van der Waals surface area contributed by atoms with Gasteiger partial charge in [-0.2, -0.15) is 11.8 Å². The molecule has 3 nitrogen and oxygen atoms in total. The molecule has 0 radical (unpaired) electrons. The second-order valence-electron chi connectivity index (χ2n) is 6.46. The summed E-state index contributed by atoms with van der Waals surface area (Å²) in [5.74, 6) is 2.77. The maximum atomic E-state index is 10.9. The highest BCUT2D eigenvalue weighted by Gasteiger charge is 2.48. The van der Waals surface area contributed by atoms with Crippen molar-refractivity contribution in [2.24, 2.45) is 11.7 Å². The van der Waals surface area contributed by atoms with Crippen LogP contribution in [0.25, 0.3) is 0 Å². The first-order valence-corrected chi connectivity index (χ1v) is 8.47. The van der Waals surface area contributed by atoms with Crippen LogP contribution in [0.2, 0.25) is 0 Å². The van der Waals surface area contributed by atoms with Gasteiger partial charge >= 0.3 is 0 Å². The van der Waals surface area contributed by atoms with Crippen molar-refractivity contribution in [3.05, 3.63) is 0 Å². The minimum atomic E-state index is -0.458. The van der Waals surface area contributed by atoms with E-state index in [-0.39, 0.29) is 5.60 Å². The Kier molecular flexibility index (Phi) is 3.65. The smallest absolute Gasteiger partial charge is 0.0784 e. The summed E-state index contributed by atoms with van der Waals surface area (Å²) in [7, 11) is 0. The van der Waals surface area contributed by atoms with Gasteiger partial charge in [-0.3, -0.25) is 0 Å². The molecule has 2 unspecified atom stereocenters. The molecule has 4 heteroatoms. The largest absolute Gasteiger partial charge is 0.390 e. The van der Waals surface area contributed by atoms with E-state index in [1.165, 1.54) is 12.2 Å². The van der Waals surface area contributed by atoms with Gasteiger partial charge in [-0.25, -0.2) is 0 Å². The first-order valence-electron chi connectivity index (χ1n) is 7.32. The Morgan fingerprint density at radius 3 is 2.61 bits per heavy atom. The summed E-state index contributed by atoms with van der Waals surface area (Å²) in [4.78, 5) is 0. The molecule has 1 saturated carbocycles. The molecule has 104 valence electrons. The van der Waals surface area contributed by atoms with Gasteiger partial charge in [-0.1, -0.05) is 0 Å². The molecule has 3 rings (SSSR count). The summed E-state index contributed by atoms with van der Waals surface area (Å²) in [6, 6.07) is 0.307. The van der Waals surface area contributed by atoms with Gasteiger partial charge in [-0.05, 0) is 56.6 Å². The Morgan fingerprint density at radius 1 is 1.17 bits per heavy atom. The molecule has 3 N–H and O–H groups in total. The lowest BCUT2D eigenvalue weighted by molar-refractivity contribution is -0.142. The zero-order valence-electron chi connectivity index (χ0n) is 11.1. The number of ether oxygens (including phenoxy) is 1. The third-order valence-electron chi connectivity index (χ3n) is 5.22. The third-order valence-corrected chi connectivity index (χ3v) is 6.44. The molecule has 2 aliphatic heterocycles. The summed E-state index contributed by atoms with van der Waals surface area (Å²) < 4.78 is 6.06. The monoisotopic (exact) mass is 271 g/mol. The minimum absolute atomic E-state index is 0.0862. The first kappa shape index (κ1) is 13.2. The van der Waals surface area contributed by atoms with Crippen molar-refractivity contribution in [1.29, 1.82) is 0 Å². The Balaban J connectivity index is 1.68. The van der Waals surface area contributed by atoms with Crippen molar-refractivity contribution in [3.8, 4) is 0 Å². The van der Waals surface area contributed by atoms with Crippen molar-refractivity contribution in [1.82, 2.24) is 0 Å². The lowest BCUT2D eigenvalue weighted by atomic mass is 9.68. The molecule has 2 saturated heterocycles. The Morgan fingerprint density at radius 2 is 1.94 bits per heavy atom. The molecule has 0 amide bonds. The van der Waals surface area contributed by atoms with Crippen LogP contribution in [-0.4, -0.2) is 40.5 Å². The molecule has 2 atom stereocenters. The summed E-state index contributed by atoms with van der Waals surface area (Å²) in [6.07, 6.45) is 7.00. The van der Waals surface area contributed by atoms with Gasteiger partial charge in [0, 0.05) is 18.4 Å². The molecular weight excluding hydrogens is 246 g/mol. The molecule has 1 aliphatic carbocycles. The number of hydrogen-bond donors (Lipinski definition) is 2. The lowest BCUT2D eigenvalue weighted by Gasteiger charge is -2.47. The maximum Gasteiger partial charge on any atom is 0.0784 e. The topological polar surface area (TPSA) is 55.5 Å². The van der Waals surface area contributed by atoms with E-state index in [2.05, 4.69) is 0 Å². The summed E-state index contributed by atoms with van der Waals surface area (Å²) in [5, 5.41) is 10.9. The van der Waals surface area contributed by atoms with Gasteiger partial charge in [0.05, 0.1) is 11.2 Å². The van der Waals surface area contributed by atoms with E-state index in [9.17, 15) is 5.11 Å². The van der Waals surface area contributed by atoms with Crippen molar-refractivity contribution in [2.75, 3.05) is 18.1 Å². The highest BCUT2D eigenvalue weighted by molar-refractivity contribution is 7.99. The average Bonchev–Trinajstić information content (AvgIpc) is 2.81. The molecule has 0 aromatic rings. The van der Waals surface area contributed by atoms with Crippen molar-refractivity contribution < 1.29 is 9.84 Å². The molecule has 0 bridgehead atoms. The third kappa shape index (κ3) is 2.45. The first-order chi connectivity index (χ1) is 8.62. The van der Waals surface area contributed by atoms with Crippen molar-refractivity contribution in [3.63, 3.8) is 0 Å². The molecule has 3 fully saturated rings. The normalized spacial score (nSPS) is 49.7. The highest BCUT2D eigenvalue weighted by atomic mass is 32.2. The fourth-order valence-electron chi connectivity index (χ4n) is 3.90. The number of rotatable bonds is 1. The number of aliphatic hydroxyl groups is 1. The van der Waals surface area contributed by atoms with E-state index in [4.69, 9.17) is 10.5 Å². The molecular formula is C14H25NO2S. The van der Waals surface area contributed by atoms with Crippen LogP contribution in [0.15, 0.2) is 0 Å². The number of thioether (sulfide) groups is 1. The van der Waals surface area contributed by atoms with Crippen molar-refractivity contribution in [2.45, 2.75) is 62.2 Å². The fraction of sp³-hybridized carbons (Fsp3) is 1.00. The van der Waals surface area contributed by atoms with E-state index in [1.807, 2.05) is 11.8 Å². The van der Waals surface area contributed by atoms with E-state index >= 15 is 0 Å². The Hall–Kier alpha value is 0.230. The van der Waals surface area contributed by atoms with Crippen LogP contribution in [-0.2, 0) is 4.74 Å². The van der Waals surface area contributed by atoms with Crippen LogP contribution < -0.4 is 5.73 Å². The predicted molar refractivity (Wildman–Crippen MR) is 74.7 cm³/mol. The Bertz CT molecular complexity index is 296. The molecule has 18 heavy (non-hydrogen) atoms. The van der Waals surface area contributed by atoms with Crippen LogP contribution in [0.3, 0.4) is 0 Å². The van der Waals surface area contributed by atoms with Crippen LogP contribution in [0, 0.1) is 5.92 Å². The van der Waals surface area contributed by atoms with Crippen LogP contribution in [0.4, 0.5) is 0 Å². The lowest BCUT2D eigenvalue weighted by Crippen LogP contribution is -2.51. The number of nitrogens with two attached hydrogens (primary N) is 1. The average molecular weight is 271 g/mol. The fourth-order valence-corrected chi connectivity index (χ4v) is 5.28. The zero-order valence-corrected chi connectivity index (χ0v) is 11.9. The quantitative estimate of drug-likeness (QED) is 0.765.